The number of nitrogens with zero attached hydrogens (tertiary/aromatic N) is 4. The zero-order valence-corrected chi connectivity index (χ0v) is 11.4. The quantitative estimate of drug-likeness (QED) is 0.607. The highest BCUT2D eigenvalue weighted by atomic mass is 16.4. The average Bonchev–Trinajstić information content (AvgIpc) is 2.85. The molecule has 18 heavy (non-hydrogen) atoms. The van der Waals surface area contributed by atoms with Gasteiger partial charge in [0.25, 0.3) is 12.3 Å². The molecule has 6 heteroatoms. The van der Waals surface area contributed by atoms with Crippen LogP contribution in [0.2, 0.25) is 0 Å². The molecule has 0 fully saturated rings. The molecule has 0 bridgehead atoms. The van der Waals surface area contributed by atoms with E-state index in [-0.39, 0.29) is 0 Å². The lowest BCUT2D eigenvalue weighted by molar-refractivity contribution is -0.671. The van der Waals surface area contributed by atoms with Crippen LogP contribution in [0.25, 0.3) is 0 Å². The number of rotatable bonds is 2. The van der Waals surface area contributed by atoms with Crippen molar-refractivity contribution >= 4 is 5.97 Å². The first-order valence-corrected chi connectivity index (χ1v) is 5.89. The van der Waals surface area contributed by atoms with Crippen LogP contribution in [0.4, 0.5) is 0 Å². The summed E-state index contributed by atoms with van der Waals surface area (Å²) in [6, 6.07) is 0. The first-order chi connectivity index (χ1) is 8.39. The van der Waals surface area contributed by atoms with Crippen molar-refractivity contribution < 1.29 is 14.5 Å². The van der Waals surface area contributed by atoms with Crippen LogP contribution < -0.4 is 9.16 Å². The van der Waals surface area contributed by atoms with E-state index in [9.17, 15) is 0 Å². The molecule has 2 heterocycles. The number of hydrogen-bond acceptors (Lipinski definition) is 2. The summed E-state index contributed by atoms with van der Waals surface area (Å²) >= 11 is 0. The van der Waals surface area contributed by atoms with Crippen LogP contribution in [0.15, 0.2) is 31.1 Å². The number of quaternary nitrogens is 1. The summed E-state index contributed by atoms with van der Waals surface area (Å²) in [4.78, 5) is 11.2. The predicted molar refractivity (Wildman–Crippen MR) is 68.8 cm³/mol. The number of aryl methyl sites for hydroxylation is 1. The molecule has 0 aromatic carbocycles. The predicted octanol–water partition coefficient (Wildman–Crippen LogP) is 0.236. The van der Waals surface area contributed by atoms with Gasteiger partial charge in [-0.25, -0.2) is 4.57 Å². The Balaban J connectivity index is 0.000000357. The monoisotopic (exact) mass is 254 g/mol. The zero-order chi connectivity index (χ0) is 13.8. The van der Waals surface area contributed by atoms with Gasteiger partial charge in [0.15, 0.2) is 19.1 Å². The van der Waals surface area contributed by atoms with E-state index >= 15 is 0 Å². The van der Waals surface area contributed by atoms with E-state index in [1.54, 1.807) is 0 Å². The maximum atomic E-state index is 9.00. The number of carboxylic acids is 1. The summed E-state index contributed by atoms with van der Waals surface area (Å²) in [5.41, 5.74) is 0. The van der Waals surface area contributed by atoms with E-state index in [0.29, 0.717) is 0 Å². The molecule has 1 aliphatic rings. The SMILES string of the molecule is CC(=O)O.CC[N+]1(n2cc[n+](C)c2)C=CN(C)C1. The minimum atomic E-state index is -0.833. The molecule has 1 aromatic heterocycles. The number of imidazole rings is 1. The van der Waals surface area contributed by atoms with Crippen molar-refractivity contribution in [3.63, 3.8) is 0 Å². The van der Waals surface area contributed by atoms with Crippen molar-refractivity contribution in [2.24, 2.45) is 7.05 Å². The fourth-order valence-corrected chi connectivity index (χ4v) is 1.91. The summed E-state index contributed by atoms with van der Waals surface area (Å²) in [6.45, 7) is 5.37. The molecule has 100 valence electrons. The molecular formula is C12H22N4O2+2. The first kappa shape index (κ1) is 14.2. The molecular weight excluding hydrogens is 232 g/mol. The van der Waals surface area contributed by atoms with Crippen LogP contribution in [0.3, 0.4) is 0 Å². The lowest BCUT2D eigenvalue weighted by atomic mass is 10.6. The molecule has 0 amide bonds. The summed E-state index contributed by atoms with van der Waals surface area (Å²) in [5.74, 6) is -0.833. The molecule has 1 aromatic rings. The van der Waals surface area contributed by atoms with Gasteiger partial charge in [-0.1, -0.05) is 4.68 Å². The first-order valence-electron chi connectivity index (χ1n) is 5.89. The normalized spacial score (nSPS) is 21.7. The molecule has 0 radical (unpaired) electrons. The molecule has 0 saturated carbocycles. The molecule has 2 rings (SSSR count). The summed E-state index contributed by atoms with van der Waals surface area (Å²) in [7, 11) is 4.15. The Morgan fingerprint density at radius 2 is 2.17 bits per heavy atom. The largest absolute Gasteiger partial charge is 0.481 e. The van der Waals surface area contributed by atoms with Crippen molar-refractivity contribution in [1.82, 2.24) is 14.2 Å². The van der Waals surface area contributed by atoms with Crippen LogP contribution in [0, 0.1) is 0 Å². The van der Waals surface area contributed by atoms with Gasteiger partial charge in [0, 0.05) is 14.0 Å². The van der Waals surface area contributed by atoms with E-state index in [4.69, 9.17) is 9.90 Å². The van der Waals surface area contributed by atoms with Gasteiger partial charge in [0.2, 0.25) is 0 Å². The van der Waals surface area contributed by atoms with Crippen LogP contribution >= 0.6 is 0 Å². The van der Waals surface area contributed by atoms with Crippen LogP contribution in [0.1, 0.15) is 13.8 Å². The third kappa shape index (κ3) is 3.33. The number of carbonyl (C=O) groups is 1. The van der Waals surface area contributed by atoms with Crippen LogP contribution in [-0.2, 0) is 11.8 Å². The Bertz CT molecular complexity index is 437. The number of carboxylic acid groups (broad SMARTS) is 1. The van der Waals surface area contributed by atoms with Gasteiger partial charge in [-0.3, -0.25) is 4.79 Å². The highest BCUT2D eigenvalue weighted by Gasteiger charge is 2.35. The second kappa shape index (κ2) is 5.68. The van der Waals surface area contributed by atoms with Gasteiger partial charge >= 0.3 is 0 Å². The molecule has 1 aliphatic heterocycles. The number of aromatic nitrogens is 2. The molecule has 0 aliphatic carbocycles. The molecule has 0 saturated heterocycles. The van der Waals surface area contributed by atoms with E-state index in [1.807, 2.05) is 7.05 Å². The average molecular weight is 254 g/mol. The Hall–Kier alpha value is -1.82. The lowest BCUT2D eigenvalue weighted by Crippen LogP contribution is -2.54. The van der Waals surface area contributed by atoms with Crippen LogP contribution in [0.5, 0.6) is 0 Å². The molecule has 1 atom stereocenters. The smallest absolute Gasteiger partial charge is 0.300 e. The third-order valence-electron chi connectivity index (χ3n) is 2.83. The van der Waals surface area contributed by atoms with Crippen molar-refractivity contribution in [3.05, 3.63) is 31.1 Å². The minimum absolute atomic E-state index is 0.833. The highest BCUT2D eigenvalue weighted by Crippen LogP contribution is 2.13. The van der Waals surface area contributed by atoms with E-state index < -0.39 is 5.97 Å². The Kier molecular flexibility index (Phi) is 4.49. The highest BCUT2D eigenvalue weighted by molar-refractivity contribution is 5.62. The third-order valence-corrected chi connectivity index (χ3v) is 2.83. The van der Waals surface area contributed by atoms with Gasteiger partial charge in [-0.2, -0.15) is 0 Å². The van der Waals surface area contributed by atoms with Crippen molar-refractivity contribution in [3.8, 4) is 0 Å². The second-order valence-electron chi connectivity index (χ2n) is 4.48. The van der Waals surface area contributed by atoms with E-state index in [1.165, 1.54) is 0 Å². The Morgan fingerprint density at radius 3 is 2.50 bits per heavy atom. The van der Waals surface area contributed by atoms with Crippen molar-refractivity contribution in [2.75, 3.05) is 20.3 Å². The van der Waals surface area contributed by atoms with Crippen molar-refractivity contribution in [1.29, 1.82) is 0 Å². The topological polar surface area (TPSA) is 49.4 Å². The van der Waals surface area contributed by atoms with Gasteiger partial charge in [0.1, 0.15) is 12.7 Å². The maximum Gasteiger partial charge on any atom is 0.300 e. The lowest BCUT2D eigenvalue weighted by Gasteiger charge is -2.25. The molecule has 1 unspecified atom stereocenters. The fourth-order valence-electron chi connectivity index (χ4n) is 1.91. The number of hydrogen-bond donors (Lipinski definition) is 1. The van der Waals surface area contributed by atoms with Crippen molar-refractivity contribution in [2.45, 2.75) is 13.8 Å². The van der Waals surface area contributed by atoms with Gasteiger partial charge in [0.05, 0.1) is 13.2 Å². The summed E-state index contributed by atoms with van der Waals surface area (Å²) in [5, 5.41) is 7.42. The van der Waals surface area contributed by atoms with Gasteiger partial charge in [-0.05, 0) is 6.92 Å². The summed E-state index contributed by atoms with van der Waals surface area (Å²) in [6.07, 6.45) is 10.7. The zero-order valence-electron chi connectivity index (χ0n) is 11.4. The van der Waals surface area contributed by atoms with E-state index in [2.05, 4.69) is 59.2 Å². The van der Waals surface area contributed by atoms with Gasteiger partial charge in [-0.15, -0.1) is 4.59 Å². The Labute approximate surface area is 108 Å². The molecule has 0 spiro atoms. The molecule has 6 nitrogen and oxygen atoms in total. The Morgan fingerprint density at radius 1 is 1.56 bits per heavy atom. The molecule has 1 N–H and O–H groups in total. The minimum Gasteiger partial charge on any atom is -0.481 e. The van der Waals surface area contributed by atoms with E-state index in [0.717, 1.165) is 24.7 Å². The maximum absolute atomic E-state index is 9.00. The standard InChI is InChI=1S/C10H18N4.C2H4O2/c1-4-14(8-7-12(3)10-14)13-6-5-11(2)9-13;1-2(3)4/h5-9H,4,10H2,1-3H3;1H3,(H,3,4)/q+2;. The fraction of sp³-hybridized carbons (Fsp3) is 0.500. The van der Waals surface area contributed by atoms with Crippen LogP contribution in [-0.4, -0.2) is 40.9 Å². The number of aliphatic carboxylic acids is 1. The second-order valence-corrected chi connectivity index (χ2v) is 4.48. The van der Waals surface area contributed by atoms with Gasteiger partial charge < -0.3 is 10.0 Å². The summed E-state index contributed by atoms with van der Waals surface area (Å²) < 4.78 is 5.17.